The first-order valence-corrected chi connectivity index (χ1v) is 9.94. The highest BCUT2D eigenvalue weighted by molar-refractivity contribution is 6.30. The first-order valence-electron chi connectivity index (χ1n) is 9.18. The maximum atomic E-state index is 13.4. The van der Waals surface area contributed by atoms with Crippen LogP contribution >= 0.6 is 23.2 Å². The van der Waals surface area contributed by atoms with E-state index in [4.69, 9.17) is 32.7 Å². The molecule has 7 nitrogen and oxygen atoms in total. The molecule has 9 heteroatoms. The van der Waals surface area contributed by atoms with Crippen molar-refractivity contribution in [2.75, 3.05) is 0 Å². The van der Waals surface area contributed by atoms with Gasteiger partial charge >= 0.3 is 18.0 Å². The number of ether oxygens (including phenoxy) is 2. The molecule has 0 unspecified atom stereocenters. The van der Waals surface area contributed by atoms with E-state index in [0.717, 1.165) is 0 Å². The lowest BCUT2D eigenvalue weighted by Gasteiger charge is -2.50. The van der Waals surface area contributed by atoms with Crippen LogP contribution in [0.25, 0.3) is 0 Å². The largest absolute Gasteiger partial charge is 0.422 e. The van der Waals surface area contributed by atoms with Gasteiger partial charge in [-0.05, 0) is 35.4 Å². The van der Waals surface area contributed by atoms with Crippen molar-refractivity contribution < 1.29 is 23.9 Å². The molecule has 2 aromatic carbocycles. The zero-order valence-corrected chi connectivity index (χ0v) is 17.6. The quantitative estimate of drug-likeness (QED) is 0.536. The van der Waals surface area contributed by atoms with E-state index in [-0.39, 0.29) is 0 Å². The van der Waals surface area contributed by atoms with Crippen LogP contribution in [0.5, 0.6) is 0 Å². The van der Waals surface area contributed by atoms with Crippen molar-refractivity contribution >= 4 is 41.2 Å². The van der Waals surface area contributed by atoms with Gasteiger partial charge in [-0.3, -0.25) is 9.59 Å². The van der Waals surface area contributed by atoms with E-state index in [9.17, 15) is 14.4 Å². The Bertz CT molecular complexity index is 941. The topological polar surface area (TPSA) is 93.7 Å². The zero-order chi connectivity index (χ0) is 21.7. The third-order valence-corrected chi connectivity index (χ3v) is 5.72. The summed E-state index contributed by atoms with van der Waals surface area (Å²) in [6.45, 7) is 2.94. The van der Waals surface area contributed by atoms with Crippen LogP contribution in [0, 0.1) is 5.41 Å². The van der Waals surface area contributed by atoms with Gasteiger partial charge in [0.15, 0.2) is 0 Å². The molecule has 2 saturated heterocycles. The van der Waals surface area contributed by atoms with Gasteiger partial charge in [-0.2, -0.15) is 0 Å². The summed E-state index contributed by atoms with van der Waals surface area (Å²) in [6, 6.07) is 10.3. The molecule has 0 radical (unpaired) electrons. The van der Waals surface area contributed by atoms with Crippen molar-refractivity contribution in [1.29, 1.82) is 0 Å². The number of benzene rings is 2. The van der Waals surface area contributed by atoms with Gasteiger partial charge in [0.2, 0.25) is 5.41 Å². The van der Waals surface area contributed by atoms with E-state index in [0.29, 0.717) is 21.2 Å². The summed E-state index contributed by atoms with van der Waals surface area (Å²) in [6.07, 6.45) is 0. The molecule has 2 N–H and O–H groups in total. The average molecular weight is 449 g/mol. The lowest BCUT2D eigenvalue weighted by molar-refractivity contribution is -0.257. The fourth-order valence-electron chi connectivity index (χ4n) is 3.89. The van der Waals surface area contributed by atoms with Crippen LogP contribution in [0.3, 0.4) is 0 Å². The Kier molecular flexibility index (Phi) is 4.91. The van der Waals surface area contributed by atoms with Gasteiger partial charge in [-0.1, -0.05) is 47.5 Å². The van der Waals surface area contributed by atoms with E-state index in [2.05, 4.69) is 10.6 Å². The van der Waals surface area contributed by atoms with E-state index >= 15 is 0 Å². The molecule has 2 fully saturated rings. The summed E-state index contributed by atoms with van der Waals surface area (Å²) in [5.74, 6) is -3.05. The average Bonchev–Trinajstić information content (AvgIpc) is 2.66. The molecule has 2 heterocycles. The van der Waals surface area contributed by atoms with Crippen molar-refractivity contribution in [1.82, 2.24) is 10.6 Å². The van der Waals surface area contributed by atoms with Gasteiger partial charge in [0.05, 0.1) is 12.1 Å². The van der Waals surface area contributed by atoms with Gasteiger partial charge in [0.1, 0.15) is 0 Å². The van der Waals surface area contributed by atoms with E-state index in [1.54, 1.807) is 48.5 Å². The highest BCUT2D eigenvalue weighted by atomic mass is 35.5. The molecule has 2 atom stereocenters. The molecule has 2 aliphatic rings. The van der Waals surface area contributed by atoms with Gasteiger partial charge in [0.25, 0.3) is 5.79 Å². The predicted molar refractivity (Wildman–Crippen MR) is 109 cm³/mol. The Morgan fingerprint density at radius 3 is 1.47 bits per heavy atom. The lowest BCUT2D eigenvalue weighted by Crippen LogP contribution is -2.68. The number of nitrogens with one attached hydrogen (secondary N) is 2. The minimum atomic E-state index is -1.91. The van der Waals surface area contributed by atoms with Crippen molar-refractivity contribution in [3.8, 4) is 0 Å². The number of carbonyl (C=O) groups excluding carboxylic acids is 3. The summed E-state index contributed by atoms with van der Waals surface area (Å²) in [7, 11) is 0. The highest BCUT2D eigenvalue weighted by Crippen LogP contribution is 2.52. The number of urea groups is 1. The molecular weight excluding hydrogens is 431 g/mol. The van der Waals surface area contributed by atoms with Crippen LogP contribution in [0.15, 0.2) is 48.5 Å². The monoisotopic (exact) mass is 448 g/mol. The van der Waals surface area contributed by atoms with E-state index in [1.165, 1.54) is 13.8 Å². The van der Waals surface area contributed by atoms with E-state index in [1.807, 2.05) is 0 Å². The Morgan fingerprint density at radius 1 is 0.733 bits per heavy atom. The number of halogens is 2. The number of hydrogen-bond acceptors (Lipinski definition) is 5. The van der Waals surface area contributed by atoms with Crippen molar-refractivity contribution in [3.05, 3.63) is 69.7 Å². The fraction of sp³-hybridized carbons (Fsp3) is 0.286. The molecule has 0 saturated carbocycles. The molecule has 2 aromatic rings. The highest BCUT2D eigenvalue weighted by Gasteiger charge is 2.68. The van der Waals surface area contributed by atoms with Crippen LogP contribution in [0.2, 0.25) is 10.0 Å². The first-order chi connectivity index (χ1) is 14.1. The molecule has 0 bridgehead atoms. The second-order valence-electron chi connectivity index (χ2n) is 7.63. The van der Waals surface area contributed by atoms with Crippen molar-refractivity contribution in [2.45, 2.75) is 31.7 Å². The summed E-state index contributed by atoms with van der Waals surface area (Å²) < 4.78 is 11.0. The predicted octanol–water partition coefficient (Wildman–Crippen LogP) is 3.91. The molecule has 30 heavy (non-hydrogen) atoms. The molecule has 4 rings (SSSR count). The van der Waals surface area contributed by atoms with Crippen molar-refractivity contribution in [2.24, 2.45) is 5.41 Å². The smallest absolute Gasteiger partial charge is 0.331 e. The molecule has 0 aromatic heterocycles. The molecule has 2 amide bonds. The van der Waals surface area contributed by atoms with Crippen LogP contribution in [-0.2, 0) is 19.1 Å². The number of amides is 2. The van der Waals surface area contributed by atoms with Crippen LogP contribution in [0.4, 0.5) is 4.79 Å². The van der Waals surface area contributed by atoms with E-state index < -0.39 is 41.3 Å². The second kappa shape index (κ2) is 7.18. The van der Waals surface area contributed by atoms with Crippen molar-refractivity contribution in [3.63, 3.8) is 0 Å². The molecule has 0 aliphatic carbocycles. The molecule has 1 spiro atoms. The zero-order valence-electron chi connectivity index (χ0n) is 16.1. The van der Waals surface area contributed by atoms with Crippen LogP contribution < -0.4 is 10.6 Å². The molecular formula is C21H18Cl2N2O5. The van der Waals surface area contributed by atoms with Gasteiger partial charge in [0, 0.05) is 23.9 Å². The SMILES string of the molecule is CC1(C)OC(=O)C2(C(=O)O1)[C@@H](c1ccc(Cl)cc1)NC(=O)N[C@H]2c1ccc(Cl)cc1. The lowest BCUT2D eigenvalue weighted by atomic mass is 9.67. The molecule has 156 valence electrons. The Hall–Kier alpha value is -2.77. The Balaban J connectivity index is 1.93. The number of esters is 2. The minimum Gasteiger partial charge on any atom is -0.422 e. The van der Waals surface area contributed by atoms with Gasteiger partial charge < -0.3 is 20.1 Å². The summed E-state index contributed by atoms with van der Waals surface area (Å²) in [4.78, 5) is 39.4. The number of cyclic esters (lactones) is 2. The Morgan fingerprint density at radius 2 is 1.10 bits per heavy atom. The second-order valence-corrected chi connectivity index (χ2v) is 8.51. The number of hydrogen-bond donors (Lipinski definition) is 2. The van der Waals surface area contributed by atoms with Crippen LogP contribution in [-0.4, -0.2) is 23.8 Å². The van der Waals surface area contributed by atoms with Crippen LogP contribution in [0.1, 0.15) is 37.1 Å². The fourth-order valence-corrected chi connectivity index (χ4v) is 4.14. The maximum Gasteiger partial charge on any atom is 0.331 e. The summed E-state index contributed by atoms with van der Waals surface area (Å²) in [5.41, 5.74) is -0.908. The third-order valence-electron chi connectivity index (χ3n) is 5.22. The third kappa shape index (κ3) is 3.28. The Labute approximate surface area is 182 Å². The number of carbonyl (C=O) groups is 3. The number of rotatable bonds is 2. The standard InChI is InChI=1S/C21H18Cl2N2O5/c1-20(2)29-17(26)21(18(27)30-20)15(11-3-7-13(22)8-4-11)24-19(28)25-16(21)12-5-9-14(23)10-6-12/h3-10,15-16H,1-2H3,(H2,24,25,28)/t15-,16+. The molecule has 2 aliphatic heterocycles. The van der Waals surface area contributed by atoms with Gasteiger partial charge in [-0.15, -0.1) is 0 Å². The summed E-state index contributed by atoms with van der Waals surface area (Å²) >= 11 is 12.0. The summed E-state index contributed by atoms with van der Waals surface area (Å²) in [5, 5.41) is 6.32. The normalized spacial score (nSPS) is 24.5. The maximum absolute atomic E-state index is 13.4. The first kappa shape index (κ1) is 20.5. The van der Waals surface area contributed by atoms with Gasteiger partial charge in [-0.25, -0.2) is 4.79 Å². The minimum absolute atomic E-state index is 0.470.